The molecule has 0 saturated heterocycles. The highest BCUT2D eigenvalue weighted by molar-refractivity contribution is 5.79. The Morgan fingerprint density at radius 1 is 0.889 bits per heavy atom. The fourth-order valence-corrected chi connectivity index (χ4v) is 9.13. The molecule has 36 heavy (non-hydrogen) atoms. The van der Waals surface area contributed by atoms with E-state index < -0.39 is 11.1 Å². The second-order valence-corrected chi connectivity index (χ2v) is 14.1. The third-order valence-corrected chi connectivity index (χ3v) is 11.1. The lowest BCUT2D eigenvalue weighted by Gasteiger charge is -2.62. The standard InChI is InChI=1S/C30H49NO5/c1-19(32)23-10-11-24-22-9-8-21-16-28(5,14-15-29(21,6)25(22)12-13-30(23,24)7)36-26(34)17-31-27(3,4)18-35-20(2)33/h21-25,31H,8-18H2,1-7H3/t21-,22-,23+,24-,25-,28+,29-,30+/m0/s1. The SMILES string of the molecule is CC(=O)OCC(C)(C)NCC(=O)O[C@]1(C)CC[C@@]2(C)[C@@H](CC[C@@H]3[C@@H]2CC[C@]2(C)[C@@H](C(C)=O)CC[C@@H]32)C1. The quantitative estimate of drug-likeness (QED) is 0.464. The molecule has 6 nitrogen and oxygen atoms in total. The van der Waals surface area contributed by atoms with Crippen LogP contribution in [0.2, 0.25) is 0 Å². The van der Waals surface area contributed by atoms with Gasteiger partial charge in [0.2, 0.25) is 0 Å². The molecule has 0 aromatic carbocycles. The van der Waals surface area contributed by atoms with E-state index in [9.17, 15) is 14.4 Å². The summed E-state index contributed by atoms with van der Waals surface area (Å²) in [6.45, 7) is 14.4. The monoisotopic (exact) mass is 503 g/mol. The number of carbonyl (C=O) groups excluding carboxylic acids is 3. The van der Waals surface area contributed by atoms with Gasteiger partial charge in [-0.15, -0.1) is 0 Å². The van der Waals surface area contributed by atoms with E-state index in [1.54, 1.807) is 0 Å². The highest BCUT2D eigenvalue weighted by Gasteiger charge is 2.61. The Hall–Kier alpha value is -1.43. The molecule has 0 heterocycles. The second kappa shape index (κ2) is 9.71. The number of fused-ring (bicyclic) bond motifs is 5. The van der Waals surface area contributed by atoms with Gasteiger partial charge in [0.15, 0.2) is 0 Å². The van der Waals surface area contributed by atoms with Crippen LogP contribution in [0.4, 0.5) is 0 Å². The topological polar surface area (TPSA) is 81.7 Å². The van der Waals surface area contributed by atoms with Gasteiger partial charge in [-0.1, -0.05) is 13.8 Å². The summed E-state index contributed by atoms with van der Waals surface area (Å²) < 4.78 is 11.2. The fourth-order valence-electron chi connectivity index (χ4n) is 9.13. The second-order valence-electron chi connectivity index (χ2n) is 14.1. The Kier molecular flexibility index (Phi) is 7.44. The van der Waals surface area contributed by atoms with Gasteiger partial charge < -0.3 is 9.47 Å². The van der Waals surface area contributed by atoms with Crippen molar-refractivity contribution in [1.29, 1.82) is 0 Å². The summed E-state index contributed by atoms with van der Waals surface area (Å²) in [6.07, 6.45) is 10.1. The smallest absolute Gasteiger partial charge is 0.320 e. The maximum absolute atomic E-state index is 12.8. The van der Waals surface area contributed by atoms with Crippen LogP contribution in [0.15, 0.2) is 0 Å². The summed E-state index contributed by atoms with van der Waals surface area (Å²) in [6, 6.07) is 0. The third kappa shape index (κ3) is 5.13. The Morgan fingerprint density at radius 2 is 1.58 bits per heavy atom. The number of carbonyl (C=O) groups is 3. The predicted octanol–water partition coefficient (Wildman–Crippen LogP) is 5.47. The van der Waals surface area contributed by atoms with Crippen LogP contribution in [0.3, 0.4) is 0 Å². The highest BCUT2D eigenvalue weighted by atomic mass is 16.6. The van der Waals surface area contributed by atoms with Crippen LogP contribution in [0.5, 0.6) is 0 Å². The summed E-state index contributed by atoms with van der Waals surface area (Å²) in [4.78, 5) is 36.3. The molecule has 0 amide bonds. The molecule has 0 radical (unpaired) electrons. The van der Waals surface area contributed by atoms with Gasteiger partial charge in [-0.2, -0.15) is 0 Å². The van der Waals surface area contributed by atoms with Crippen molar-refractivity contribution < 1.29 is 23.9 Å². The van der Waals surface area contributed by atoms with Crippen molar-refractivity contribution >= 4 is 17.7 Å². The predicted molar refractivity (Wildman–Crippen MR) is 139 cm³/mol. The van der Waals surface area contributed by atoms with E-state index in [2.05, 4.69) is 26.1 Å². The molecule has 1 N–H and O–H groups in total. The van der Waals surface area contributed by atoms with Crippen molar-refractivity contribution in [2.24, 2.45) is 40.4 Å². The fraction of sp³-hybridized carbons (Fsp3) is 0.900. The summed E-state index contributed by atoms with van der Waals surface area (Å²) in [7, 11) is 0. The molecule has 4 aliphatic carbocycles. The van der Waals surface area contributed by atoms with Gasteiger partial charge in [-0.25, -0.2) is 0 Å². The van der Waals surface area contributed by atoms with Crippen LogP contribution in [0.1, 0.15) is 106 Å². The Balaban J connectivity index is 1.36. The lowest BCUT2D eigenvalue weighted by Crippen LogP contribution is -2.56. The van der Waals surface area contributed by atoms with Crippen molar-refractivity contribution in [3.63, 3.8) is 0 Å². The van der Waals surface area contributed by atoms with E-state index >= 15 is 0 Å². The van der Waals surface area contributed by atoms with Crippen LogP contribution in [-0.4, -0.2) is 42.0 Å². The third-order valence-electron chi connectivity index (χ3n) is 11.1. The number of hydrogen-bond acceptors (Lipinski definition) is 6. The summed E-state index contributed by atoms with van der Waals surface area (Å²) >= 11 is 0. The maximum atomic E-state index is 12.8. The molecule has 8 atom stereocenters. The van der Waals surface area contributed by atoms with E-state index in [1.165, 1.54) is 39.0 Å². The molecule has 4 aliphatic rings. The number of esters is 2. The maximum Gasteiger partial charge on any atom is 0.320 e. The molecule has 6 heteroatoms. The first-order valence-electron chi connectivity index (χ1n) is 14.3. The minimum Gasteiger partial charge on any atom is -0.464 e. The molecule has 4 saturated carbocycles. The molecule has 0 aromatic rings. The van der Waals surface area contributed by atoms with Gasteiger partial charge in [0.25, 0.3) is 0 Å². The average Bonchev–Trinajstić information content (AvgIpc) is 3.15. The Labute approximate surface area is 218 Å². The first-order chi connectivity index (χ1) is 16.7. The zero-order valence-corrected chi connectivity index (χ0v) is 23.7. The van der Waals surface area contributed by atoms with Gasteiger partial charge in [0.1, 0.15) is 18.0 Å². The Bertz CT molecular complexity index is 885. The molecule has 204 valence electrons. The van der Waals surface area contributed by atoms with Crippen LogP contribution >= 0.6 is 0 Å². The number of hydrogen-bond donors (Lipinski definition) is 1. The van der Waals surface area contributed by atoms with Crippen molar-refractivity contribution in [2.45, 2.75) is 117 Å². The van der Waals surface area contributed by atoms with Gasteiger partial charge in [-0.05, 0) is 120 Å². The molecule has 4 rings (SSSR count). The first-order valence-corrected chi connectivity index (χ1v) is 14.3. The van der Waals surface area contributed by atoms with Crippen molar-refractivity contribution in [2.75, 3.05) is 13.2 Å². The largest absolute Gasteiger partial charge is 0.464 e. The number of nitrogens with one attached hydrogen (secondary N) is 1. The van der Waals surface area contributed by atoms with E-state index in [0.717, 1.165) is 37.5 Å². The van der Waals surface area contributed by atoms with Crippen LogP contribution in [0, 0.1) is 40.4 Å². The van der Waals surface area contributed by atoms with Crippen molar-refractivity contribution in [1.82, 2.24) is 5.32 Å². The molecule has 0 unspecified atom stereocenters. The lowest BCUT2D eigenvalue weighted by atomic mass is 9.44. The van der Waals surface area contributed by atoms with E-state index in [1.807, 2.05) is 20.8 Å². The van der Waals surface area contributed by atoms with Crippen LogP contribution in [-0.2, 0) is 23.9 Å². The van der Waals surface area contributed by atoms with Gasteiger partial charge in [-0.3, -0.25) is 19.7 Å². The molecule has 0 bridgehead atoms. The molecule has 4 fully saturated rings. The first kappa shape index (κ1) is 27.6. The van der Waals surface area contributed by atoms with E-state index in [0.29, 0.717) is 23.0 Å². The van der Waals surface area contributed by atoms with Crippen LogP contribution < -0.4 is 5.32 Å². The van der Waals surface area contributed by atoms with E-state index in [4.69, 9.17) is 9.47 Å². The molecule has 0 aromatic heterocycles. The molecule has 0 aliphatic heterocycles. The zero-order valence-electron chi connectivity index (χ0n) is 23.7. The summed E-state index contributed by atoms with van der Waals surface area (Å²) in [5, 5.41) is 3.18. The molecule has 0 spiro atoms. The van der Waals surface area contributed by atoms with Gasteiger partial charge in [0, 0.05) is 18.4 Å². The Morgan fingerprint density at radius 3 is 2.25 bits per heavy atom. The highest BCUT2D eigenvalue weighted by Crippen LogP contribution is 2.68. The number of Topliss-reactive ketones (excluding diaryl/α,β-unsaturated/α-hetero) is 1. The number of rotatable bonds is 7. The normalized spacial score (nSPS) is 42.0. The average molecular weight is 504 g/mol. The van der Waals surface area contributed by atoms with Gasteiger partial charge >= 0.3 is 11.9 Å². The number of ether oxygens (including phenoxy) is 2. The van der Waals surface area contributed by atoms with Crippen LogP contribution in [0.25, 0.3) is 0 Å². The van der Waals surface area contributed by atoms with Gasteiger partial charge in [0.05, 0.1) is 6.54 Å². The molecular weight excluding hydrogens is 454 g/mol. The number of ketones is 1. The lowest BCUT2D eigenvalue weighted by molar-refractivity contribution is -0.180. The van der Waals surface area contributed by atoms with E-state index in [-0.39, 0.29) is 36.4 Å². The van der Waals surface area contributed by atoms with Crippen molar-refractivity contribution in [3.8, 4) is 0 Å². The minimum absolute atomic E-state index is 0.105. The summed E-state index contributed by atoms with van der Waals surface area (Å²) in [5.41, 5.74) is -0.418. The summed E-state index contributed by atoms with van der Waals surface area (Å²) in [5.74, 6) is 2.83. The van der Waals surface area contributed by atoms with Crippen molar-refractivity contribution in [3.05, 3.63) is 0 Å². The zero-order chi connectivity index (χ0) is 26.5. The molecular formula is C30H49NO5. The minimum atomic E-state index is -0.494.